The smallest absolute Gasteiger partial charge is 0.329 e. The van der Waals surface area contributed by atoms with Crippen molar-refractivity contribution in [1.82, 2.24) is 9.80 Å². The highest BCUT2D eigenvalue weighted by Crippen LogP contribution is 2.43. The number of likely N-dealkylation sites (tertiary alicyclic amines) is 1. The van der Waals surface area contributed by atoms with E-state index in [0.717, 1.165) is 11.1 Å². The predicted molar refractivity (Wildman–Crippen MR) is 174 cm³/mol. The van der Waals surface area contributed by atoms with Gasteiger partial charge in [0.1, 0.15) is 12.8 Å². The SMILES string of the molecule is C=C1C[C@@H](COC(C)=O)N(C(=O)c2cc(OC)c(OCCCOc3cc4c(cc3OC)C(=O)N3CC(=C)C[C@H]3N4OC(C)=O)cc2N)C1. The lowest BCUT2D eigenvalue weighted by Crippen LogP contribution is -2.52. The number of hydrogen-bond acceptors (Lipinski definition) is 12. The summed E-state index contributed by atoms with van der Waals surface area (Å²) in [5.74, 6) is -0.145. The third kappa shape index (κ3) is 6.97. The molecule has 256 valence electrons. The van der Waals surface area contributed by atoms with Crippen LogP contribution in [0.5, 0.6) is 23.0 Å². The van der Waals surface area contributed by atoms with E-state index < -0.39 is 18.1 Å². The Morgan fingerprint density at radius 1 is 0.875 bits per heavy atom. The number of nitrogens with zero attached hydrogens (tertiary/aromatic N) is 3. The zero-order valence-corrected chi connectivity index (χ0v) is 27.5. The summed E-state index contributed by atoms with van der Waals surface area (Å²) in [6.07, 6.45) is 0.915. The molecule has 0 aliphatic carbocycles. The van der Waals surface area contributed by atoms with Crippen LogP contribution in [0.1, 0.15) is 53.8 Å². The van der Waals surface area contributed by atoms with Gasteiger partial charge >= 0.3 is 11.9 Å². The Kier molecular flexibility index (Phi) is 10.0. The maximum atomic E-state index is 13.5. The number of anilines is 2. The van der Waals surface area contributed by atoms with Crippen molar-refractivity contribution < 1.29 is 47.7 Å². The number of nitrogen functional groups attached to an aromatic ring is 1. The van der Waals surface area contributed by atoms with E-state index in [1.165, 1.54) is 45.3 Å². The second-order valence-electron chi connectivity index (χ2n) is 11.8. The molecular formula is C34H40N4O10. The van der Waals surface area contributed by atoms with Gasteiger partial charge in [-0.25, -0.2) is 0 Å². The molecule has 2 amide bonds. The monoisotopic (exact) mass is 664 g/mol. The average molecular weight is 665 g/mol. The lowest BCUT2D eigenvalue weighted by molar-refractivity contribution is -0.145. The first-order valence-corrected chi connectivity index (χ1v) is 15.4. The highest BCUT2D eigenvalue weighted by molar-refractivity contribution is 6.03. The van der Waals surface area contributed by atoms with Crippen molar-refractivity contribution >= 4 is 35.1 Å². The van der Waals surface area contributed by atoms with Gasteiger partial charge in [0.2, 0.25) is 0 Å². The van der Waals surface area contributed by atoms with Crippen LogP contribution in [-0.4, -0.2) is 92.9 Å². The molecule has 0 spiro atoms. The summed E-state index contributed by atoms with van der Waals surface area (Å²) < 4.78 is 28.2. The maximum Gasteiger partial charge on any atom is 0.329 e. The van der Waals surface area contributed by atoms with Gasteiger partial charge in [-0.15, -0.1) is 0 Å². The molecule has 2 aromatic carbocycles. The van der Waals surface area contributed by atoms with E-state index in [4.69, 9.17) is 34.3 Å². The molecule has 2 aromatic rings. The van der Waals surface area contributed by atoms with Gasteiger partial charge in [0.15, 0.2) is 23.0 Å². The number of esters is 1. The Morgan fingerprint density at radius 3 is 2.17 bits per heavy atom. The third-order valence-electron chi connectivity index (χ3n) is 8.20. The number of amides is 2. The highest BCUT2D eigenvalue weighted by Gasteiger charge is 2.44. The van der Waals surface area contributed by atoms with Crippen LogP contribution < -0.4 is 29.7 Å². The van der Waals surface area contributed by atoms with Crippen LogP contribution in [0.25, 0.3) is 0 Å². The molecule has 48 heavy (non-hydrogen) atoms. The molecule has 0 radical (unpaired) electrons. The van der Waals surface area contributed by atoms with Crippen molar-refractivity contribution in [2.45, 2.75) is 45.3 Å². The van der Waals surface area contributed by atoms with Crippen LogP contribution >= 0.6 is 0 Å². The summed E-state index contributed by atoms with van der Waals surface area (Å²) in [5.41, 5.74) is 9.15. The van der Waals surface area contributed by atoms with Crippen LogP contribution in [0.15, 0.2) is 48.6 Å². The molecule has 2 fully saturated rings. The summed E-state index contributed by atoms with van der Waals surface area (Å²) in [6, 6.07) is 5.92. The van der Waals surface area contributed by atoms with Gasteiger partial charge in [0, 0.05) is 57.6 Å². The number of carbonyl (C=O) groups excluding carboxylic acids is 4. The number of carbonyl (C=O) groups is 4. The Hall–Kier alpha value is -5.40. The molecule has 0 bridgehead atoms. The standard InChI is InChI=1S/C34H40N4O10/c1-19-10-23(18-47-21(3)39)36(16-19)33(41)24-12-28(43-5)30(14-26(24)35)45-8-7-9-46-31-15-27-25(13-29(31)44-6)34(42)37-17-20(2)11-32(37)38(27)48-22(4)40/h12-15,23,32H,1-2,7-11,16-18,35H2,3-6H3/t23-,32+/m0/s1. The summed E-state index contributed by atoms with van der Waals surface area (Å²) in [5, 5.41) is 1.43. The Labute approximate surface area is 278 Å². The summed E-state index contributed by atoms with van der Waals surface area (Å²) >= 11 is 0. The minimum atomic E-state index is -0.526. The van der Waals surface area contributed by atoms with Gasteiger partial charge in [-0.1, -0.05) is 24.3 Å². The number of ether oxygens (including phenoxy) is 5. The number of methoxy groups -OCH3 is 2. The molecule has 0 saturated carbocycles. The van der Waals surface area contributed by atoms with Crippen molar-refractivity contribution in [1.29, 1.82) is 0 Å². The summed E-state index contributed by atoms with van der Waals surface area (Å²) in [7, 11) is 2.93. The molecular weight excluding hydrogens is 624 g/mol. The summed E-state index contributed by atoms with van der Waals surface area (Å²) in [6.45, 7) is 11.8. The minimum absolute atomic E-state index is 0.0651. The quantitative estimate of drug-likeness (QED) is 0.153. The number of fused-ring (bicyclic) bond motifs is 2. The zero-order chi connectivity index (χ0) is 34.7. The number of nitrogens with two attached hydrogens (primary N) is 1. The van der Waals surface area contributed by atoms with Crippen LogP contribution in [0, 0.1) is 0 Å². The van der Waals surface area contributed by atoms with Crippen LogP contribution in [0.3, 0.4) is 0 Å². The topological polar surface area (TPSA) is 159 Å². The molecule has 0 unspecified atom stereocenters. The molecule has 14 heteroatoms. The lowest BCUT2D eigenvalue weighted by atomic mass is 10.1. The summed E-state index contributed by atoms with van der Waals surface area (Å²) in [4.78, 5) is 58.8. The molecule has 5 rings (SSSR count). The van der Waals surface area contributed by atoms with Crippen molar-refractivity contribution in [3.63, 3.8) is 0 Å². The minimum Gasteiger partial charge on any atom is -0.493 e. The fourth-order valence-corrected chi connectivity index (χ4v) is 6.02. The van der Waals surface area contributed by atoms with E-state index in [-0.39, 0.29) is 48.9 Å². The van der Waals surface area contributed by atoms with Crippen LogP contribution in [-0.2, 0) is 19.2 Å². The second kappa shape index (κ2) is 14.2. The first-order chi connectivity index (χ1) is 22.9. The molecule has 0 aromatic heterocycles. The average Bonchev–Trinajstić information content (AvgIpc) is 3.63. The van der Waals surface area contributed by atoms with Crippen molar-refractivity contribution in [3.05, 3.63) is 59.7 Å². The molecule has 2 atom stereocenters. The molecule has 2 N–H and O–H groups in total. The van der Waals surface area contributed by atoms with E-state index in [9.17, 15) is 19.2 Å². The van der Waals surface area contributed by atoms with Gasteiger partial charge < -0.3 is 44.1 Å². The Bertz CT molecular complexity index is 1660. The Morgan fingerprint density at radius 2 is 1.52 bits per heavy atom. The van der Waals surface area contributed by atoms with Gasteiger partial charge in [-0.2, -0.15) is 5.06 Å². The van der Waals surface area contributed by atoms with Gasteiger partial charge in [0.25, 0.3) is 11.8 Å². The highest BCUT2D eigenvalue weighted by atomic mass is 16.7. The Balaban J connectivity index is 1.24. The number of hydrogen-bond donors (Lipinski definition) is 1. The van der Waals surface area contributed by atoms with Gasteiger partial charge in [-0.3, -0.25) is 19.2 Å². The van der Waals surface area contributed by atoms with Crippen LogP contribution in [0.4, 0.5) is 11.4 Å². The molecule has 3 aliphatic heterocycles. The molecule has 2 saturated heterocycles. The van der Waals surface area contributed by atoms with E-state index in [1.807, 2.05) is 0 Å². The molecule has 14 nitrogen and oxygen atoms in total. The van der Waals surface area contributed by atoms with Crippen molar-refractivity contribution in [2.24, 2.45) is 0 Å². The van der Waals surface area contributed by atoms with E-state index in [2.05, 4.69) is 13.2 Å². The first-order valence-electron chi connectivity index (χ1n) is 15.4. The van der Waals surface area contributed by atoms with Crippen LogP contribution in [0.2, 0.25) is 0 Å². The van der Waals surface area contributed by atoms with E-state index in [1.54, 1.807) is 21.9 Å². The van der Waals surface area contributed by atoms with E-state index >= 15 is 0 Å². The first kappa shape index (κ1) is 33.9. The lowest BCUT2D eigenvalue weighted by Gasteiger charge is -2.39. The number of rotatable bonds is 12. The maximum absolute atomic E-state index is 13.5. The normalized spacial score (nSPS) is 18.3. The number of hydroxylamine groups is 1. The third-order valence-corrected chi connectivity index (χ3v) is 8.20. The number of benzene rings is 2. The molecule has 3 heterocycles. The second-order valence-corrected chi connectivity index (χ2v) is 11.8. The zero-order valence-electron chi connectivity index (χ0n) is 27.5. The van der Waals surface area contributed by atoms with E-state index in [0.29, 0.717) is 66.6 Å². The van der Waals surface area contributed by atoms with Crippen molar-refractivity contribution in [3.8, 4) is 23.0 Å². The van der Waals surface area contributed by atoms with Gasteiger partial charge in [-0.05, 0) is 18.6 Å². The van der Waals surface area contributed by atoms with Crippen molar-refractivity contribution in [2.75, 3.05) is 57.9 Å². The fraction of sp³-hybridized carbons (Fsp3) is 0.412. The predicted octanol–water partition coefficient (Wildman–Crippen LogP) is 3.49. The largest absolute Gasteiger partial charge is 0.493 e. The van der Waals surface area contributed by atoms with Gasteiger partial charge in [0.05, 0.1) is 50.3 Å². The fourth-order valence-electron chi connectivity index (χ4n) is 6.02. The molecule has 3 aliphatic rings.